The molecule has 2 amide bonds. The molecule has 1 aromatic rings. The van der Waals surface area contributed by atoms with Crippen LogP contribution in [0.15, 0.2) is 24.3 Å². The van der Waals surface area contributed by atoms with Crippen molar-refractivity contribution in [3.05, 3.63) is 29.8 Å². The summed E-state index contributed by atoms with van der Waals surface area (Å²) in [6, 6.07) is 6.27. The van der Waals surface area contributed by atoms with Gasteiger partial charge >= 0.3 is 12.1 Å². The summed E-state index contributed by atoms with van der Waals surface area (Å²) in [4.78, 5) is 35.4. The van der Waals surface area contributed by atoms with E-state index in [0.717, 1.165) is 12.8 Å². The molecule has 0 aromatic heterocycles. The van der Waals surface area contributed by atoms with E-state index in [4.69, 9.17) is 9.47 Å². The molecule has 0 spiro atoms. The van der Waals surface area contributed by atoms with Crippen LogP contribution in [0, 0.1) is 5.92 Å². The molecule has 0 saturated heterocycles. The number of rotatable bonds is 6. The van der Waals surface area contributed by atoms with E-state index in [0.29, 0.717) is 17.2 Å². The molecule has 1 aliphatic rings. The molecular weight excluding hydrogens is 336 g/mol. The van der Waals surface area contributed by atoms with Crippen LogP contribution in [0.4, 0.5) is 10.5 Å². The number of carbonyl (C=O) groups is 3. The molecule has 1 fully saturated rings. The number of hydrogen-bond donors (Lipinski definition) is 2. The molecule has 1 aromatic carbocycles. The van der Waals surface area contributed by atoms with Gasteiger partial charge < -0.3 is 14.8 Å². The number of amides is 2. The highest BCUT2D eigenvalue weighted by molar-refractivity contribution is 5.92. The minimum Gasteiger partial charge on any atom is -0.452 e. The largest absolute Gasteiger partial charge is 0.452 e. The first-order valence-corrected chi connectivity index (χ1v) is 8.70. The number of hydrogen-bond acceptors (Lipinski definition) is 5. The molecule has 26 heavy (non-hydrogen) atoms. The van der Waals surface area contributed by atoms with E-state index in [1.54, 1.807) is 32.9 Å². The summed E-state index contributed by atoms with van der Waals surface area (Å²) in [5.74, 6) is -0.358. The average molecular weight is 362 g/mol. The summed E-state index contributed by atoms with van der Waals surface area (Å²) in [6.07, 6.45) is 1.69. The summed E-state index contributed by atoms with van der Waals surface area (Å²) in [6.45, 7) is 6.95. The predicted octanol–water partition coefficient (Wildman–Crippen LogP) is 3.11. The Balaban J connectivity index is 1.78. The Labute approximate surface area is 153 Å². The number of benzene rings is 1. The van der Waals surface area contributed by atoms with Crippen LogP contribution < -0.4 is 10.6 Å². The van der Waals surface area contributed by atoms with Crippen molar-refractivity contribution in [2.75, 3.05) is 11.9 Å². The maximum Gasteiger partial charge on any atom is 0.412 e. The van der Waals surface area contributed by atoms with Crippen LogP contribution in [0.1, 0.15) is 50.9 Å². The second-order valence-electron chi connectivity index (χ2n) is 7.47. The molecule has 1 aliphatic carbocycles. The number of ether oxygens (including phenoxy) is 2. The zero-order valence-corrected chi connectivity index (χ0v) is 15.6. The van der Waals surface area contributed by atoms with Crippen LogP contribution in [0.25, 0.3) is 0 Å². The van der Waals surface area contributed by atoms with E-state index < -0.39 is 17.7 Å². The molecule has 1 atom stereocenters. The summed E-state index contributed by atoms with van der Waals surface area (Å²) in [7, 11) is 0. The van der Waals surface area contributed by atoms with Gasteiger partial charge in [0.2, 0.25) is 0 Å². The van der Waals surface area contributed by atoms with E-state index in [9.17, 15) is 14.4 Å². The monoisotopic (exact) mass is 362 g/mol. The maximum absolute atomic E-state index is 12.0. The lowest BCUT2D eigenvalue weighted by molar-refractivity contribution is -0.125. The Morgan fingerprint density at radius 2 is 1.77 bits per heavy atom. The van der Waals surface area contributed by atoms with Gasteiger partial charge in [-0.2, -0.15) is 0 Å². The van der Waals surface area contributed by atoms with Crippen LogP contribution in [0.5, 0.6) is 0 Å². The van der Waals surface area contributed by atoms with Crippen molar-refractivity contribution in [3.63, 3.8) is 0 Å². The molecule has 7 nitrogen and oxygen atoms in total. The Hall–Kier alpha value is -2.57. The highest BCUT2D eigenvalue weighted by atomic mass is 16.6. The zero-order valence-electron chi connectivity index (χ0n) is 15.6. The Morgan fingerprint density at radius 1 is 1.15 bits per heavy atom. The lowest BCUT2D eigenvalue weighted by Crippen LogP contribution is -2.37. The van der Waals surface area contributed by atoms with Crippen molar-refractivity contribution in [2.24, 2.45) is 5.92 Å². The van der Waals surface area contributed by atoms with E-state index >= 15 is 0 Å². The van der Waals surface area contributed by atoms with Gasteiger partial charge in [0.05, 0.1) is 5.56 Å². The van der Waals surface area contributed by atoms with E-state index in [2.05, 4.69) is 10.6 Å². The third-order valence-corrected chi connectivity index (χ3v) is 3.82. The van der Waals surface area contributed by atoms with Crippen molar-refractivity contribution >= 4 is 23.7 Å². The highest BCUT2D eigenvalue weighted by Gasteiger charge is 2.29. The third-order valence-electron chi connectivity index (χ3n) is 3.82. The van der Waals surface area contributed by atoms with Gasteiger partial charge in [0.1, 0.15) is 5.60 Å². The average Bonchev–Trinajstić information content (AvgIpc) is 3.36. The molecule has 0 heterocycles. The van der Waals surface area contributed by atoms with Crippen LogP contribution >= 0.6 is 0 Å². The molecule has 142 valence electrons. The number of anilines is 1. The first kappa shape index (κ1) is 19.8. The minimum atomic E-state index is -0.594. The fourth-order valence-electron chi connectivity index (χ4n) is 2.34. The molecule has 0 unspecified atom stereocenters. The van der Waals surface area contributed by atoms with Gasteiger partial charge in [0.15, 0.2) is 6.61 Å². The fraction of sp³-hybridized carbons (Fsp3) is 0.526. The molecule has 0 aliphatic heterocycles. The van der Waals surface area contributed by atoms with E-state index in [1.807, 2.05) is 6.92 Å². The summed E-state index contributed by atoms with van der Waals surface area (Å²) < 4.78 is 10.2. The number of esters is 1. The van der Waals surface area contributed by atoms with Crippen LogP contribution in [-0.4, -0.2) is 36.2 Å². The van der Waals surface area contributed by atoms with E-state index in [-0.39, 0.29) is 18.6 Å². The predicted molar refractivity (Wildman–Crippen MR) is 96.9 cm³/mol. The van der Waals surface area contributed by atoms with Crippen molar-refractivity contribution in [2.45, 2.75) is 52.2 Å². The van der Waals surface area contributed by atoms with Crippen molar-refractivity contribution in [1.82, 2.24) is 5.32 Å². The lowest BCUT2D eigenvalue weighted by atomic mass is 10.2. The molecule has 1 saturated carbocycles. The van der Waals surface area contributed by atoms with Gasteiger partial charge in [-0.1, -0.05) is 0 Å². The van der Waals surface area contributed by atoms with Crippen LogP contribution in [-0.2, 0) is 14.3 Å². The first-order chi connectivity index (χ1) is 12.1. The first-order valence-electron chi connectivity index (χ1n) is 8.70. The van der Waals surface area contributed by atoms with Crippen molar-refractivity contribution in [1.29, 1.82) is 0 Å². The molecule has 0 radical (unpaired) electrons. The SMILES string of the molecule is C[C@@H](NC(=O)COC(=O)c1ccc(NC(=O)OC(C)(C)C)cc1)C1CC1. The normalized spacial score (nSPS) is 14.9. The Kier molecular flexibility index (Phi) is 6.23. The topological polar surface area (TPSA) is 93.7 Å². The molecular formula is C19H26N2O5. The van der Waals surface area contributed by atoms with Gasteiger partial charge in [0.25, 0.3) is 5.91 Å². The third kappa shape index (κ3) is 6.74. The smallest absolute Gasteiger partial charge is 0.412 e. The second kappa shape index (κ2) is 8.21. The number of carbonyl (C=O) groups excluding carboxylic acids is 3. The van der Waals surface area contributed by atoms with Crippen LogP contribution in [0.3, 0.4) is 0 Å². The molecule has 7 heteroatoms. The minimum absolute atomic E-state index is 0.111. The molecule has 2 N–H and O–H groups in total. The molecule has 2 rings (SSSR count). The highest BCUT2D eigenvalue weighted by Crippen LogP contribution is 2.32. The Bertz CT molecular complexity index is 660. The maximum atomic E-state index is 12.0. The van der Waals surface area contributed by atoms with Crippen molar-refractivity contribution < 1.29 is 23.9 Å². The van der Waals surface area contributed by atoms with Gasteiger partial charge in [-0.25, -0.2) is 9.59 Å². The van der Waals surface area contributed by atoms with E-state index in [1.165, 1.54) is 12.1 Å². The van der Waals surface area contributed by atoms with Gasteiger partial charge in [-0.05, 0) is 70.7 Å². The lowest BCUT2D eigenvalue weighted by Gasteiger charge is -2.19. The van der Waals surface area contributed by atoms with Crippen LogP contribution in [0.2, 0.25) is 0 Å². The second-order valence-corrected chi connectivity index (χ2v) is 7.47. The van der Waals surface area contributed by atoms with Gasteiger partial charge in [-0.15, -0.1) is 0 Å². The van der Waals surface area contributed by atoms with Gasteiger partial charge in [0, 0.05) is 11.7 Å². The molecule has 0 bridgehead atoms. The summed E-state index contributed by atoms with van der Waals surface area (Å²) in [5.41, 5.74) is 0.195. The Morgan fingerprint density at radius 3 is 2.31 bits per heavy atom. The number of nitrogens with one attached hydrogen (secondary N) is 2. The summed E-state index contributed by atoms with van der Waals surface area (Å²) in [5, 5.41) is 5.40. The zero-order chi connectivity index (χ0) is 19.3. The summed E-state index contributed by atoms with van der Waals surface area (Å²) >= 11 is 0. The standard InChI is InChI=1S/C19H26N2O5/c1-12(13-5-6-13)20-16(22)11-25-17(23)14-7-9-15(10-8-14)21-18(24)26-19(2,3)4/h7-10,12-13H,5-6,11H2,1-4H3,(H,20,22)(H,21,24)/t12-/m1/s1. The quantitative estimate of drug-likeness (QED) is 0.759. The van der Waals surface area contributed by atoms with Gasteiger partial charge in [-0.3, -0.25) is 10.1 Å². The fourth-order valence-corrected chi connectivity index (χ4v) is 2.34. The van der Waals surface area contributed by atoms with Crippen molar-refractivity contribution in [3.8, 4) is 0 Å².